The van der Waals surface area contributed by atoms with E-state index in [1.54, 1.807) is 11.3 Å². The van der Waals surface area contributed by atoms with Gasteiger partial charge in [-0.1, -0.05) is 0 Å². The molecule has 5 nitrogen and oxygen atoms in total. The van der Waals surface area contributed by atoms with Gasteiger partial charge in [0.25, 0.3) is 0 Å². The number of hydrogen-bond donors (Lipinski definition) is 1. The van der Waals surface area contributed by atoms with Crippen LogP contribution in [0.4, 0.5) is 4.79 Å². The lowest BCUT2D eigenvalue weighted by molar-refractivity contribution is 0.173. The molecule has 0 bridgehead atoms. The van der Waals surface area contributed by atoms with Crippen molar-refractivity contribution in [3.05, 3.63) is 10.0 Å². The standard InChI is InChI=1S/C15H24N4OS/c1-15(2,3)16-14(20)19-8-6-11(7-9-19)13-18-17-12(21-13)10-4-5-10/h10-11H,4-9H2,1-3H3,(H,16,20). The van der Waals surface area contributed by atoms with E-state index in [0.29, 0.717) is 11.8 Å². The van der Waals surface area contributed by atoms with Gasteiger partial charge in [-0.25, -0.2) is 4.79 Å². The Morgan fingerprint density at radius 3 is 2.10 bits per heavy atom. The Labute approximate surface area is 130 Å². The molecule has 2 fully saturated rings. The van der Waals surface area contributed by atoms with Crippen molar-refractivity contribution >= 4 is 17.4 Å². The van der Waals surface area contributed by atoms with Crippen molar-refractivity contribution in [2.75, 3.05) is 13.1 Å². The van der Waals surface area contributed by atoms with Crippen molar-refractivity contribution in [1.82, 2.24) is 20.4 Å². The van der Waals surface area contributed by atoms with Gasteiger partial charge in [-0.15, -0.1) is 21.5 Å². The minimum Gasteiger partial charge on any atom is -0.333 e. The first-order valence-electron chi connectivity index (χ1n) is 7.83. The highest BCUT2D eigenvalue weighted by Gasteiger charge is 2.31. The van der Waals surface area contributed by atoms with Crippen molar-refractivity contribution < 1.29 is 4.79 Å². The number of nitrogens with one attached hydrogen (secondary N) is 1. The lowest BCUT2D eigenvalue weighted by Gasteiger charge is -2.33. The molecule has 0 atom stereocenters. The topological polar surface area (TPSA) is 58.1 Å². The largest absolute Gasteiger partial charge is 0.333 e. The van der Waals surface area contributed by atoms with Gasteiger partial charge < -0.3 is 10.2 Å². The molecule has 6 heteroatoms. The Balaban J connectivity index is 1.53. The second-order valence-corrected chi connectivity index (χ2v) is 8.23. The van der Waals surface area contributed by atoms with Gasteiger partial charge in [0.1, 0.15) is 10.0 Å². The first-order chi connectivity index (χ1) is 9.92. The molecule has 0 radical (unpaired) electrons. The highest BCUT2D eigenvalue weighted by molar-refractivity contribution is 7.11. The summed E-state index contributed by atoms with van der Waals surface area (Å²) in [5.74, 6) is 1.17. The predicted octanol–water partition coefficient (Wildman–Crippen LogP) is 3.10. The normalized spacial score (nSPS) is 20.6. The summed E-state index contributed by atoms with van der Waals surface area (Å²) < 4.78 is 0. The van der Waals surface area contributed by atoms with Crippen LogP contribution in [0.15, 0.2) is 0 Å². The molecular weight excluding hydrogens is 284 g/mol. The van der Waals surface area contributed by atoms with Crippen molar-refractivity contribution in [2.45, 2.75) is 63.8 Å². The molecule has 1 N–H and O–H groups in total. The predicted molar refractivity (Wildman–Crippen MR) is 83.7 cm³/mol. The number of carbonyl (C=O) groups is 1. The minimum atomic E-state index is -0.174. The van der Waals surface area contributed by atoms with Gasteiger partial charge in [-0.05, 0) is 46.5 Å². The molecular formula is C15H24N4OS. The van der Waals surface area contributed by atoms with Crippen molar-refractivity contribution in [2.24, 2.45) is 0 Å². The van der Waals surface area contributed by atoms with Crippen LogP contribution < -0.4 is 5.32 Å². The third-order valence-electron chi connectivity index (χ3n) is 4.00. The molecule has 0 aromatic carbocycles. The molecule has 1 aromatic heterocycles. The third kappa shape index (κ3) is 3.73. The van der Waals surface area contributed by atoms with E-state index in [4.69, 9.17) is 0 Å². The Kier molecular flexibility index (Phi) is 3.90. The average molecular weight is 308 g/mol. The van der Waals surface area contributed by atoms with Gasteiger partial charge in [-0.2, -0.15) is 0 Å². The van der Waals surface area contributed by atoms with Gasteiger partial charge in [0.05, 0.1) is 0 Å². The molecule has 2 heterocycles. The van der Waals surface area contributed by atoms with Crippen LogP contribution in [0.3, 0.4) is 0 Å². The second kappa shape index (κ2) is 5.55. The first-order valence-corrected chi connectivity index (χ1v) is 8.64. The summed E-state index contributed by atoms with van der Waals surface area (Å²) in [5, 5.41) is 14.1. The first kappa shape index (κ1) is 14.8. The fraction of sp³-hybridized carbons (Fsp3) is 0.800. The van der Waals surface area contributed by atoms with Crippen LogP contribution in [0.1, 0.15) is 68.3 Å². The Bertz CT molecular complexity index is 510. The fourth-order valence-electron chi connectivity index (χ4n) is 2.64. The summed E-state index contributed by atoms with van der Waals surface area (Å²) in [4.78, 5) is 14.1. The molecule has 3 rings (SSSR count). The molecule has 2 aliphatic rings. The van der Waals surface area contributed by atoms with Crippen LogP contribution in [0.2, 0.25) is 0 Å². The maximum Gasteiger partial charge on any atom is 0.317 e. The van der Waals surface area contributed by atoms with E-state index in [1.165, 1.54) is 22.9 Å². The molecule has 1 saturated carbocycles. The molecule has 0 spiro atoms. The monoisotopic (exact) mass is 308 g/mol. The maximum atomic E-state index is 12.1. The van der Waals surface area contributed by atoms with Crippen molar-refractivity contribution in [1.29, 1.82) is 0 Å². The van der Waals surface area contributed by atoms with E-state index in [9.17, 15) is 4.79 Å². The number of urea groups is 1. The number of piperidine rings is 1. The lowest BCUT2D eigenvalue weighted by Crippen LogP contribution is -2.50. The summed E-state index contributed by atoms with van der Waals surface area (Å²) in [5.41, 5.74) is -0.174. The number of aromatic nitrogens is 2. The van der Waals surface area contributed by atoms with Crippen LogP contribution in [0.5, 0.6) is 0 Å². The minimum absolute atomic E-state index is 0.0527. The van der Waals surface area contributed by atoms with E-state index in [0.717, 1.165) is 25.9 Å². The van der Waals surface area contributed by atoms with E-state index >= 15 is 0 Å². The van der Waals surface area contributed by atoms with E-state index in [-0.39, 0.29) is 11.6 Å². The van der Waals surface area contributed by atoms with E-state index in [1.807, 2.05) is 25.7 Å². The smallest absolute Gasteiger partial charge is 0.317 e. The van der Waals surface area contributed by atoms with Gasteiger partial charge in [0, 0.05) is 30.5 Å². The van der Waals surface area contributed by atoms with Gasteiger partial charge in [0.2, 0.25) is 0 Å². The molecule has 1 saturated heterocycles. The molecule has 116 valence electrons. The Morgan fingerprint density at radius 2 is 1.62 bits per heavy atom. The molecule has 0 unspecified atom stereocenters. The maximum absolute atomic E-state index is 12.1. The number of rotatable bonds is 2. The summed E-state index contributed by atoms with van der Waals surface area (Å²) in [6, 6.07) is 0.0527. The lowest BCUT2D eigenvalue weighted by atomic mass is 9.98. The summed E-state index contributed by atoms with van der Waals surface area (Å²) in [7, 11) is 0. The highest BCUT2D eigenvalue weighted by Crippen LogP contribution is 2.43. The zero-order chi connectivity index (χ0) is 15.0. The van der Waals surface area contributed by atoms with Crippen molar-refractivity contribution in [3.63, 3.8) is 0 Å². The van der Waals surface area contributed by atoms with E-state index in [2.05, 4.69) is 15.5 Å². The van der Waals surface area contributed by atoms with Crippen LogP contribution in [0.25, 0.3) is 0 Å². The summed E-state index contributed by atoms with van der Waals surface area (Å²) >= 11 is 1.79. The summed E-state index contributed by atoms with van der Waals surface area (Å²) in [6.45, 7) is 7.66. The van der Waals surface area contributed by atoms with Crippen molar-refractivity contribution in [3.8, 4) is 0 Å². The number of likely N-dealkylation sites (tertiary alicyclic amines) is 1. The Morgan fingerprint density at radius 1 is 1.10 bits per heavy atom. The van der Waals surface area contributed by atoms with Gasteiger partial charge >= 0.3 is 6.03 Å². The number of nitrogens with zero attached hydrogens (tertiary/aromatic N) is 3. The number of hydrogen-bond acceptors (Lipinski definition) is 4. The molecule has 1 aliphatic carbocycles. The number of carbonyl (C=O) groups excluding carboxylic acids is 1. The molecule has 21 heavy (non-hydrogen) atoms. The third-order valence-corrected chi connectivity index (χ3v) is 5.24. The van der Waals surface area contributed by atoms with Gasteiger partial charge in [0.15, 0.2) is 0 Å². The van der Waals surface area contributed by atoms with Crippen LogP contribution >= 0.6 is 11.3 Å². The molecule has 1 aromatic rings. The van der Waals surface area contributed by atoms with E-state index < -0.39 is 0 Å². The zero-order valence-electron chi connectivity index (χ0n) is 13.1. The van der Waals surface area contributed by atoms with Crippen LogP contribution in [0, 0.1) is 0 Å². The fourth-order valence-corrected chi connectivity index (χ4v) is 3.82. The quantitative estimate of drug-likeness (QED) is 0.913. The zero-order valence-corrected chi connectivity index (χ0v) is 13.9. The SMILES string of the molecule is CC(C)(C)NC(=O)N1CCC(c2nnc(C3CC3)s2)CC1. The van der Waals surface area contributed by atoms with Crippen LogP contribution in [-0.2, 0) is 0 Å². The van der Waals surface area contributed by atoms with Crippen LogP contribution in [-0.4, -0.2) is 39.8 Å². The second-order valence-electron chi connectivity index (χ2n) is 7.19. The molecule has 2 amide bonds. The highest BCUT2D eigenvalue weighted by atomic mass is 32.1. The average Bonchev–Trinajstić information content (AvgIpc) is 3.15. The molecule has 1 aliphatic heterocycles. The summed E-state index contributed by atoms with van der Waals surface area (Å²) in [6.07, 6.45) is 4.55. The van der Waals surface area contributed by atoms with Gasteiger partial charge in [-0.3, -0.25) is 0 Å². The Hall–Kier alpha value is -1.17. The number of amides is 2.